The van der Waals surface area contributed by atoms with E-state index in [0.717, 1.165) is 17.7 Å². The summed E-state index contributed by atoms with van der Waals surface area (Å²) in [5, 5.41) is 3.39. The van der Waals surface area contributed by atoms with Crippen LogP contribution in [0.4, 0.5) is 11.4 Å². The molecule has 22 heavy (non-hydrogen) atoms. The second-order valence-corrected chi connectivity index (χ2v) is 5.64. The highest BCUT2D eigenvalue weighted by atomic mass is 35.5. The summed E-state index contributed by atoms with van der Waals surface area (Å²) in [5.41, 5.74) is 3.10. The van der Waals surface area contributed by atoms with Gasteiger partial charge in [0, 0.05) is 24.1 Å². The first-order valence-electron chi connectivity index (χ1n) is 7.03. The normalized spacial score (nSPS) is 12.9. The second-order valence-electron chi connectivity index (χ2n) is 5.21. The van der Waals surface area contributed by atoms with Gasteiger partial charge >= 0.3 is 0 Å². The van der Waals surface area contributed by atoms with Crippen LogP contribution in [0.3, 0.4) is 0 Å². The number of para-hydroxylation sites is 1. The van der Waals surface area contributed by atoms with Crippen molar-refractivity contribution in [2.45, 2.75) is 13.3 Å². The molecule has 2 amide bonds. The first-order chi connectivity index (χ1) is 10.6. The summed E-state index contributed by atoms with van der Waals surface area (Å²) in [7, 11) is 0. The van der Waals surface area contributed by atoms with E-state index in [2.05, 4.69) is 5.32 Å². The molecule has 1 aliphatic rings. The third-order valence-electron chi connectivity index (χ3n) is 3.64. The highest BCUT2D eigenvalue weighted by Crippen LogP contribution is 2.36. The molecule has 5 heteroatoms. The zero-order valence-corrected chi connectivity index (χ0v) is 12.9. The van der Waals surface area contributed by atoms with E-state index < -0.39 is 0 Å². The van der Waals surface area contributed by atoms with Crippen LogP contribution >= 0.6 is 11.6 Å². The van der Waals surface area contributed by atoms with Gasteiger partial charge in [0.05, 0.1) is 11.4 Å². The van der Waals surface area contributed by atoms with E-state index in [-0.39, 0.29) is 11.8 Å². The number of nitrogens with one attached hydrogen (secondary N) is 1. The molecule has 3 rings (SSSR count). The van der Waals surface area contributed by atoms with E-state index >= 15 is 0 Å². The molecule has 1 heterocycles. The summed E-state index contributed by atoms with van der Waals surface area (Å²) >= 11 is 5.87. The predicted molar refractivity (Wildman–Crippen MR) is 87.6 cm³/mol. The van der Waals surface area contributed by atoms with E-state index in [1.807, 2.05) is 18.2 Å². The maximum absolute atomic E-state index is 12.7. The number of hydrogen-bond acceptors (Lipinski definition) is 2. The number of anilines is 2. The molecule has 0 radical (unpaired) electrons. The Kier molecular flexibility index (Phi) is 3.86. The lowest BCUT2D eigenvalue weighted by Crippen LogP contribution is -2.29. The lowest BCUT2D eigenvalue weighted by Gasteiger charge is -2.20. The summed E-state index contributed by atoms with van der Waals surface area (Å²) in [6, 6.07) is 12.5. The first-order valence-corrected chi connectivity index (χ1v) is 7.41. The summed E-state index contributed by atoms with van der Waals surface area (Å²) in [4.78, 5) is 25.8. The van der Waals surface area contributed by atoms with Crippen LogP contribution in [0.25, 0.3) is 0 Å². The summed E-state index contributed by atoms with van der Waals surface area (Å²) in [6.45, 7) is 2.06. The maximum Gasteiger partial charge on any atom is 0.258 e. The zero-order chi connectivity index (χ0) is 15.7. The number of carbonyl (C=O) groups excluding carboxylic acids is 2. The Morgan fingerprint density at radius 2 is 1.86 bits per heavy atom. The van der Waals surface area contributed by atoms with Crippen LogP contribution in [-0.2, 0) is 11.2 Å². The van der Waals surface area contributed by atoms with Crippen molar-refractivity contribution in [1.29, 1.82) is 0 Å². The van der Waals surface area contributed by atoms with Crippen LogP contribution in [0.15, 0.2) is 42.5 Å². The molecule has 1 aliphatic heterocycles. The van der Waals surface area contributed by atoms with Crippen LogP contribution in [-0.4, -0.2) is 18.4 Å². The molecule has 0 unspecified atom stereocenters. The number of fused-ring (bicyclic) bond motifs is 1. The van der Waals surface area contributed by atoms with Gasteiger partial charge in [-0.05, 0) is 42.3 Å². The van der Waals surface area contributed by atoms with Gasteiger partial charge in [-0.15, -0.1) is 0 Å². The van der Waals surface area contributed by atoms with Gasteiger partial charge in [0.1, 0.15) is 0 Å². The Bertz CT molecular complexity index is 741. The molecule has 0 fully saturated rings. The highest BCUT2D eigenvalue weighted by Gasteiger charge is 2.28. The Hall–Kier alpha value is -2.33. The molecule has 0 atom stereocenters. The van der Waals surface area contributed by atoms with Crippen molar-refractivity contribution in [3.63, 3.8) is 0 Å². The minimum atomic E-state index is -0.154. The van der Waals surface area contributed by atoms with Gasteiger partial charge < -0.3 is 10.2 Å². The Balaban J connectivity index is 1.98. The molecule has 0 aromatic heterocycles. The molecule has 2 aromatic carbocycles. The molecule has 0 saturated carbocycles. The SMILES string of the molecule is CC(=O)Nc1cccc2c1N(C(=O)c1ccc(Cl)cc1)CC2. The van der Waals surface area contributed by atoms with Gasteiger partial charge in [-0.1, -0.05) is 23.7 Å². The lowest BCUT2D eigenvalue weighted by molar-refractivity contribution is -0.114. The summed E-state index contributed by atoms with van der Waals surface area (Å²) in [6.07, 6.45) is 0.780. The number of amides is 2. The molecule has 0 aliphatic carbocycles. The van der Waals surface area contributed by atoms with Gasteiger partial charge in [0.15, 0.2) is 0 Å². The molecular formula is C17H15ClN2O2. The Morgan fingerprint density at radius 3 is 2.55 bits per heavy atom. The van der Waals surface area contributed by atoms with Crippen LogP contribution in [0.5, 0.6) is 0 Å². The summed E-state index contributed by atoms with van der Waals surface area (Å²) < 4.78 is 0. The summed E-state index contributed by atoms with van der Waals surface area (Å²) in [5.74, 6) is -0.243. The highest BCUT2D eigenvalue weighted by molar-refractivity contribution is 6.30. The smallest absolute Gasteiger partial charge is 0.258 e. The van der Waals surface area contributed by atoms with Crippen LogP contribution in [0, 0.1) is 0 Å². The van der Waals surface area contributed by atoms with E-state index in [4.69, 9.17) is 11.6 Å². The minimum Gasteiger partial charge on any atom is -0.325 e. The number of benzene rings is 2. The van der Waals surface area contributed by atoms with Gasteiger partial charge in [-0.3, -0.25) is 9.59 Å². The molecule has 0 spiro atoms. The van der Waals surface area contributed by atoms with E-state index in [1.165, 1.54) is 6.92 Å². The van der Waals surface area contributed by atoms with E-state index in [1.54, 1.807) is 29.2 Å². The molecule has 1 N–H and O–H groups in total. The molecule has 112 valence electrons. The third kappa shape index (κ3) is 2.70. The fourth-order valence-electron chi connectivity index (χ4n) is 2.70. The standard InChI is InChI=1S/C17H15ClN2O2/c1-11(21)19-15-4-2-3-12-9-10-20(16(12)15)17(22)13-5-7-14(18)8-6-13/h2-8H,9-10H2,1H3,(H,19,21). The largest absolute Gasteiger partial charge is 0.325 e. The van der Waals surface area contributed by atoms with Crippen molar-refractivity contribution in [2.75, 3.05) is 16.8 Å². The van der Waals surface area contributed by atoms with Crippen molar-refractivity contribution in [3.05, 3.63) is 58.6 Å². The molecule has 4 nitrogen and oxygen atoms in total. The van der Waals surface area contributed by atoms with Crippen LogP contribution in [0.2, 0.25) is 5.02 Å². The third-order valence-corrected chi connectivity index (χ3v) is 3.89. The average Bonchev–Trinajstić information content (AvgIpc) is 2.92. The predicted octanol–water partition coefficient (Wildman–Crippen LogP) is 3.50. The Labute approximate surface area is 133 Å². The molecular weight excluding hydrogens is 300 g/mol. The van der Waals surface area contributed by atoms with E-state index in [0.29, 0.717) is 22.8 Å². The van der Waals surface area contributed by atoms with Gasteiger partial charge in [-0.2, -0.15) is 0 Å². The Morgan fingerprint density at radius 1 is 1.14 bits per heavy atom. The van der Waals surface area contributed by atoms with Crippen molar-refractivity contribution >= 4 is 34.8 Å². The van der Waals surface area contributed by atoms with Gasteiger partial charge in [0.25, 0.3) is 5.91 Å². The van der Waals surface area contributed by atoms with Crippen LogP contribution < -0.4 is 10.2 Å². The second kappa shape index (κ2) is 5.81. The number of rotatable bonds is 2. The first kappa shape index (κ1) is 14.6. The lowest BCUT2D eigenvalue weighted by atomic mass is 10.1. The fraction of sp³-hybridized carbons (Fsp3) is 0.176. The van der Waals surface area contributed by atoms with Gasteiger partial charge in [0.2, 0.25) is 5.91 Å². The minimum absolute atomic E-state index is 0.0896. The number of halogens is 1. The van der Waals surface area contributed by atoms with Crippen molar-refractivity contribution in [1.82, 2.24) is 0 Å². The van der Waals surface area contributed by atoms with Crippen molar-refractivity contribution in [2.24, 2.45) is 0 Å². The maximum atomic E-state index is 12.7. The zero-order valence-electron chi connectivity index (χ0n) is 12.1. The van der Waals surface area contributed by atoms with Gasteiger partial charge in [-0.25, -0.2) is 0 Å². The van der Waals surface area contributed by atoms with Crippen molar-refractivity contribution in [3.8, 4) is 0 Å². The average molecular weight is 315 g/mol. The van der Waals surface area contributed by atoms with E-state index in [9.17, 15) is 9.59 Å². The number of nitrogens with zero attached hydrogens (tertiary/aromatic N) is 1. The topological polar surface area (TPSA) is 49.4 Å². The fourth-order valence-corrected chi connectivity index (χ4v) is 2.82. The molecule has 0 saturated heterocycles. The molecule has 2 aromatic rings. The van der Waals surface area contributed by atoms with Crippen molar-refractivity contribution < 1.29 is 9.59 Å². The van der Waals surface area contributed by atoms with Crippen LogP contribution in [0.1, 0.15) is 22.8 Å². The number of carbonyl (C=O) groups is 2. The molecule has 0 bridgehead atoms. The quantitative estimate of drug-likeness (QED) is 0.922. The monoisotopic (exact) mass is 314 g/mol. The number of hydrogen-bond donors (Lipinski definition) is 1.